The van der Waals surface area contributed by atoms with Gasteiger partial charge in [-0.1, -0.05) is 13.3 Å². The Kier molecular flexibility index (Phi) is 7.52. The zero-order valence-electron chi connectivity index (χ0n) is 14.5. The number of unbranched alkanes of at least 4 members (excludes halogenated alkanes) is 1. The SMILES string of the molecule is CCCCNC(=O)CN1CCN(C(=O)c2cccnc2SC)CC1. The molecule has 1 saturated heterocycles. The van der Waals surface area contributed by atoms with E-state index < -0.39 is 0 Å². The molecule has 0 spiro atoms. The number of nitrogens with zero attached hydrogens (tertiary/aromatic N) is 3. The summed E-state index contributed by atoms with van der Waals surface area (Å²) in [4.78, 5) is 32.7. The number of pyridine rings is 1. The van der Waals surface area contributed by atoms with Crippen molar-refractivity contribution < 1.29 is 9.59 Å². The molecule has 0 saturated carbocycles. The number of aromatic nitrogens is 1. The lowest BCUT2D eigenvalue weighted by atomic mass is 10.2. The molecule has 0 aromatic carbocycles. The van der Waals surface area contributed by atoms with Crippen molar-refractivity contribution in [2.24, 2.45) is 0 Å². The van der Waals surface area contributed by atoms with Crippen LogP contribution in [0.1, 0.15) is 30.1 Å². The minimum atomic E-state index is 0.0273. The van der Waals surface area contributed by atoms with Crippen LogP contribution in [0.4, 0.5) is 0 Å². The van der Waals surface area contributed by atoms with E-state index in [0.717, 1.165) is 37.5 Å². The van der Waals surface area contributed by atoms with Crippen LogP contribution < -0.4 is 5.32 Å². The largest absolute Gasteiger partial charge is 0.355 e. The molecule has 1 fully saturated rings. The van der Waals surface area contributed by atoms with Crippen LogP contribution in [0.25, 0.3) is 0 Å². The molecule has 0 radical (unpaired) electrons. The van der Waals surface area contributed by atoms with Crippen molar-refractivity contribution in [3.63, 3.8) is 0 Å². The van der Waals surface area contributed by atoms with Gasteiger partial charge in [-0.05, 0) is 24.8 Å². The number of amides is 2. The van der Waals surface area contributed by atoms with Crippen LogP contribution in [0.2, 0.25) is 0 Å². The number of hydrogen-bond acceptors (Lipinski definition) is 5. The molecule has 6 nitrogen and oxygen atoms in total. The van der Waals surface area contributed by atoms with Crippen molar-refractivity contribution in [3.8, 4) is 0 Å². The number of rotatable bonds is 7. The van der Waals surface area contributed by atoms with Gasteiger partial charge in [-0.25, -0.2) is 4.98 Å². The van der Waals surface area contributed by atoms with Gasteiger partial charge in [-0.3, -0.25) is 14.5 Å². The van der Waals surface area contributed by atoms with E-state index in [0.29, 0.717) is 25.2 Å². The second-order valence-electron chi connectivity index (χ2n) is 5.83. The number of hydrogen-bond donors (Lipinski definition) is 1. The van der Waals surface area contributed by atoms with Gasteiger partial charge in [0.05, 0.1) is 12.1 Å². The molecule has 1 aromatic heterocycles. The van der Waals surface area contributed by atoms with E-state index in [1.165, 1.54) is 11.8 Å². The van der Waals surface area contributed by atoms with Crippen molar-refractivity contribution in [2.75, 3.05) is 45.5 Å². The van der Waals surface area contributed by atoms with Crippen molar-refractivity contribution >= 4 is 23.6 Å². The highest BCUT2D eigenvalue weighted by Gasteiger charge is 2.24. The lowest BCUT2D eigenvalue weighted by Gasteiger charge is -2.34. The average Bonchev–Trinajstić information content (AvgIpc) is 2.62. The van der Waals surface area contributed by atoms with E-state index in [4.69, 9.17) is 0 Å². The first-order chi connectivity index (χ1) is 11.7. The topological polar surface area (TPSA) is 65.5 Å². The first-order valence-electron chi connectivity index (χ1n) is 8.43. The lowest BCUT2D eigenvalue weighted by molar-refractivity contribution is -0.122. The smallest absolute Gasteiger partial charge is 0.256 e. The number of carbonyl (C=O) groups excluding carboxylic acids is 2. The molecule has 1 aliphatic rings. The van der Waals surface area contributed by atoms with Crippen LogP contribution in [0, 0.1) is 0 Å². The van der Waals surface area contributed by atoms with Crippen molar-refractivity contribution in [2.45, 2.75) is 24.8 Å². The summed E-state index contributed by atoms with van der Waals surface area (Å²) in [6, 6.07) is 3.62. The maximum atomic E-state index is 12.7. The van der Waals surface area contributed by atoms with Crippen molar-refractivity contribution in [1.82, 2.24) is 20.1 Å². The standard InChI is InChI=1S/C17H26N4O2S/c1-3-4-7-18-15(22)13-20-9-11-21(12-10-20)17(23)14-6-5-8-19-16(14)24-2/h5-6,8H,3-4,7,9-13H2,1-2H3,(H,18,22). The highest BCUT2D eigenvalue weighted by Crippen LogP contribution is 2.19. The van der Waals surface area contributed by atoms with Gasteiger partial charge in [0.25, 0.3) is 5.91 Å². The Hall–Kier alpha value is -1.60. The fourth-order valence-corrected chi connectivity index (χ4v) is 3.20. The predicted octanol–water partition coefficient (Wildman–Crippen LogP) is 1.48. The summed E-state index contributed by atoms with van der Waals surface area (Å²) in [5.41, 5.74) is 0.663. The second kappa shape index (κ2) is 9.64. The third kappa shape index (κ3) is 5.21. The maximum Gasteiger partial charge on any atom is 0.256 e. The molecule has 2 rings (SSSR count). The van der Waals surface area contributed by atoms with Gasteiger partial charge in [0.1, 0.15) is 5.03 Å². The number of thioether (sulfide) groups is 1. The normalized spacial score (nSPS) is 15.3. The monoisotopic (exact) mass is 350 g/mol. The third-order valence-corrected chi connectivity index (χ3v) is 4.79. The molecule has 2 heterocycles. The Morgan fingerprint density at radius 2 is 2.04 bits per heavy atom. The van der Waals surface area contributed by atoms with Gasteiger partial charge in [0.15, 0.2) is 0 Å². The zero-order valence-corrected chi connectivity index (χ0v) is 15.3. The Labute approximate surface area is 148 Å². The quantitative estimate of drug-likeness (QED) is 0.596. The molecular formula is C17H26N4O2S. The van der Waals surface area contributed by atoms with E-state index >= 15 is 0 Å². The van der Waals surface area contributed by atoms with E-state index in [1.807, 2.05) is 17.2 Å². The molecule has 0 unspecified atom stereocenters. The van der Waals surface area contributed by atoms with Crippen LogP contribution in [-0.2, 0) is 4.79 Å². The summed E-state index contributed by atoms with van der Waals surface area (Å²) in [6.45, 7) is 5.99. The summed E-state index contributed by atoms with van der Waals surface area (Å²) < 4.78 is 0. The molecular weight excluding hydrogens is 324 g/mol. The summed E-state index contributed by atoms with van der Waals surface area (Å²) in [6.07, 6.45) is 5.72. The maximum absolute atomic E-state index is 12.7. The molecule has 1 N–H and O–H groups in total. The summed E-state index contributed by atoms with van der Waals surface area (Å²) >= 11 is 1.48. The zero-order chi connectivity index (χ0) is 17.4. The molecule has 0 atom stereocenters. The fourth-order valence-electron chi connectivity index (χ4n) is 2.66. The van der Waals surface area contributed by atoms with Crippen LogP contribution in [-0.4, -0.2) is 72.1 Å². The Morgan fingerprint density at radius 1 is 1.29 bits per heavy atom. The predicted molar refractivity (Wildman–Crippen MR) is 96.3 cm³/mol. The van der Waals surface area contributed by atoms with E-state index in [9.17, 15) is 9.59 Å². The van der Waals surface area contributed by atoms with Gasteiger partial charge in [-0.15, -0.1) is 11.8 Å². The summed E-state index contributed by atoms with van der Waals surface area (Å²) in [5.74, 6) is 0.0969. The molecule has 0 bridgehead atoms. The Bertz CT molecular complexity index is 559. The van der Waals surface area contributed by atoms with Crippen molar-refractivity contribution in [3.05, 3.63) is 23.9 Å². The Balaban J connectivity index is 1.82. The molecule has 2 amide bonds. The van der Waals surface area contributed by atoms with Crippen LogP contribution in [0.3, 0.4) is 0 Å². The Morgan fingerprint density at radius 3 is 2.71 bits per heavy atom. The lowest BCUT2D eigenvalue weighted by Crippen LogP contribution is -2.51. The highest BCUT2D eigenvalue weighted by atomic mass is 32.2. The van der Waals surface area contributed by atoms with E-state index in [-0.39, 0.29) is 11.8 Å². The number of piperazine rings is 1. The molecule has 1 aromatic rings. The minimum Gasteiger partial charge on any atom is -0.355 e. The third-order valence-electron chi connectivity index (χ3n) is 4.07. The van der Waals surface area contributed by atoms with Gasteiger partial charge in [0.2, 0.25) is 5.91 Å². The summed E-state index contributed by atoms with van der Waals surface area (Å²) in [7, 11) is 0. The molecule has 0 aliphatic carbocycles. The minimum absolute atomic E-state index is 0.0273. The van der Waals surface area contributed by atoms with Crippen molar-refractivity contribution in [1.29, 1.82) is 0 Å². The van der Waals surface area contributed by atoms with Crippen LogP contribution in [0.5, 0.6) is 0 Å². The average molecular weight is 350 g/mol. The van der Waals surface area contributed by atoms with Gasteiger partial charge >= 0.3 is 0 Å². The first kappa shape index (κ1) is 18.7. The molecule has 1 aliphatic heterocycles. The van der Waals surface area contributed by atoms with E-state index in [2.05, 4.69) is 22.1 Å². The van der Waals surface area contributed by atoms with E-state index in [1.54, 1.807) is 12.3 Å². The second-order valence-corrected chi connectivity index (χ2v) is 6.63. The molecule has 7 heteroatoms. The van der Waals surface area contributed by atoms with Crippen LogP contribution >= 0.6 is 11.8 Å². The van der Waals surface area contributed by atoms with Gasteiger partial charge in [0, 0.05) is 38.9 Å². The number of nitrogens with one attached hydrogen (secondary N) is 1. The fraction of sp³-hybridized carbons (Fsp3) is 0.588. The van der Waals surface area contributed by atoms with Gasteiger partial charge < -0.3 is 10.2 Å². The first-order valence-corrected chi connectivity index (χ1v) is 9.65. The molecule has 24 heavy (non-hydrogen) atoms. The number of carbonyl (C=O) groups is 2. The highest BCUT2D eigenvalue weighted by molar-refractivity contribution is 7.98. The van der Waals surface area contributed by atoms with Gasteiger partial charge in [-0.2, -0.15) is 0 Å². The van der Waals surface area contributed by atoms with Crippen LogP contribution in [0.15, 0.2) is 23.4 Å². The molecule has 132 valence electrons. The summed E-state index contributed by atoms with van der Waals surface area (Å²) in [5, 5.41) is 3.70.